The molecule has 7 fully saturated rings. The molecule has 2 aliphatic heterocycles. The molecule has 0 spiro atoms. The van der Waals surface area contributed by atoms with Crippen LogP contribution >= 0.6 is 0 Å². The van der Waals surface area contributed by atoms with Crippen LogP contribution in [0.1, 0.15) is 12.0 Å². The lowest BCUT2D eigenvalue weighted by molar-refractivity contribution is -0.0356. The van der Waals surface area contributed by atoms with Gasteiger partial charge in [-0.25, -0.2) is 0 Å². The predicted molar refractivity (Wildman–Crippen MR) is 65.5 cm³/mol. The van der Waals surface area contributed by atoms with E-state index >= 15 is 0 Å². The van der Waals surface area contributed by atoms with Gasteiger partial charge >= 0.3 is 0 Å². The molecule has 1 heteroatoms. The average Bonchev–Trinajstić information content (AvgIpc) is 3.01. The normalized spacial score (nSPS) is 70.6. The first-order chi connectivity index (χ1) is 8.93. The molecule has 18 heavy (non-hydrogen) atoms. The number of ether oxygens (including phenoxy) is 1. The van der Waals surface area contributed by atoms with Crippen LogP contribution in [0.2, 0.25) is 0 Å². The molecule has 90 valence electrons. The van der Waals surface area contributed by atoms with Crippen LogP contribution in [0, 0.1) is 47.3 Å². The van der Waals surface area contributed by atoms with Crippen molar-refractivity contribution in [3.8, 4) is 0 Å². The highest BCUT2D eigenvalue weighted by Crippen LogP contribution is 2.92. The molecule has 7 aliphatic rings. The molecule has 0 radical (unpaired) electrons. The van der Waals surface area contributed by atoms with Crippen molar-refractivity contribution in [2.75, 3.05) is 0 Å². The van der Waals surface area contributed by atoms with E-state index in [4.69, 9.17) is 4.74 Å². The molecule has 4 bridgehead atoms. The van der Waals surface area contributed by atoms with Gasteiger partial charge in [0.05, 0.1) is 6.10 Å². The van der Waals surface area contributed by atoms with Crippen molar-refractivity contribution >= 4 is 0 Å². The monoisotopic (exact) mass is 236 g/mol. The SMILES string of the molecule is c1ccc([C@@]23O[C@@H]4[C@@H]5[C@@H]6[C@@H]7C[C@@H]([C@H]6[C@H]52)[C@H]3[C@@H]74)cc1. The van der Waals surface area contributed by atoms with Gasteiger partial charge in [0.25, 0.3) is 0 Å². The van der Waals surface area contributed by atoms with E-state index in [1.807, 2.05) is 0 Å². The Morgan fingerprint density at radius 1 is 0.889 bits per heavy atom. The third-order valence-electron chi connectivity index (χ3n) is 7.93. The van der Waals surface area contributed by atoms with Crippen molar-refractivity contribution in [2.24, 2.45) is 47.3 Å². The van der Waals surface area contributed by atoms with Crippen molar-refractivity contribution in [1.29, 1.82) is 0 Å². The summed E-state index contributed by atoms with van der Waals surface area (Å²) in [5.74, 6) is 8.01. The zero-order valence-corrected chi connectivity index (χ0v) is 10.2. The van der Waals surface area contributed by atoms with Gasteiger partial charge in [0, 0.05) is 11.8 Å². The maximum absolute atomic E-state index is 6.74. The average molecular weight is 236 g/mol. The van der Waals surface area contributed by atoms with Gasteiger partial charge < -0.3 is 4.74 Å². The van der Waals surface area contributed by atoms with Crippen LogP contribution in [-0.4, -0.2) is 6.10 Å². The number of benzene rings is 1. The lowest BCUT2D eigenvalue weighted by Gasteiger charge is -2.46. The van der Waals surface area contributed by atoms with E-state index in [9.17, 15) is 0 Å². The van der Waals surface area contributed by atoms with E-state index in [0.717, 1.165) is 47.3 Å². The Hall–Kier alpha value is -0.820. The third-order valence-corrected chi connectivity index (χ3v) is 7.93. The molecule has 8 rings (SSSR count). The number of hydrogen-bond donors (Lipinski definition) is 0. The van der Waals surface area contributed by atoms with Gasteiger partial charge in [0.15, 0.2) is 0 Å². The predicted octanol–water partition coefficient (Wildman–Crippen LogP) is 2.67. The lowest BCUT2D eigenvalue weighted by atomic mass is 9.56. The van der Waals surface area contributed by atoms with Crippen molar-refractivity contribution in [2.45, 2.75) is 18.1 Å². The summed E-state index contributed by atoms with van der Waals surface area (Å²) in [5, 5.41) is 0. The smallest absolute Gasteiger partial charge is 0.100 e. The van der Waals surface area contributed by atoms with Gasteiger partial charge in [-0.2, -0.15) is 0 Å². The molecule has 1 aromatic rings. The second kappa shape index (κ2) is 2.10. The van der Waals surface area contributed by atoms with Crippen LogP contribution in [0.25, 0.3) is 0 Å². The molecule has 0 amide bonds. The maximum Gasteiger partial charge on any atom is 0.100 e. The Labute approximate surface area is 107 Å². The molecule has 0 N–H and O–H groups in total. The van der Waals surface area contributed by atoms with Gasteiger partial charge in [-0.05, 0) is 47.5 Å². The van der Waals surface area contributed by atoms with E-state index in [2.05, 4.69) is 30.3 Å². The standard InChI is InChI=1S/C17H16O/c1-2-4-7(5-3-1)17-14-9-6-8-10-11(9)15(17)13(10)16(18-17)12(8)14/h1-5,8-16H,6H2/t8-,9-,10+,11+,12+,13+,14-,15+,16-,17-/m0/s1. The van der Waals surface area contributed by atoms with Gasteiger partial charge in [-0.1, -0.05) is 30.3 Å². The van der Waals surface area contributed by atoms with Crippen molar-refractivity contribution < 1.29 is 4.74 Å². The zero-order valence-electron chi connectivity index (χ0n) is 10.2. The molecular formula is C17H16O. The van der Waals surface area contributed by atoms with Crippen LogP contribution in [0.4, 0.5) is 0 Å². The van der Waals surface area contributed by atoms with Crippen LogP contribution in [0.15, 0.2) is 30.3 Å². The van der Waals surface area contributed by atoms with E-state index in [0.29, 0.717) is 6.10 Å². The highest BCUT2D eigenvalue weighted by Gasteiger charge is 2.92. The first-order valence-electron chi connectivity index (χ1n) is 7.66. The summed E-state index contributed by atoms with van der Waals surface area (Å²) in [4.78, 5) is 0. The summed E-state index contributed by atoms with van der Waals surface area (Å²) < 4.78 is 6.74. The Morgan fingerprint density at radius 3 is 2.67 bits per heavy atom. The molecular weight excluding hydrogens is 220 g/mol. The van der Waals surface area contributed by atoms with E-state index in [1.54, 1.807) is 6.42 Å². The minimum Gasteiger partial charge on any atom is -0.366 e. The Balaban J connectivity index is 1.58. The first kappa shape index (κ1) is 8.37. The largest absolute Gasteiger partial charge is 0.366 e. The number of hydrogen-bond acceptors (Lipinski definition) is 1. The molecule has 5 aliphatic carbocycles. The lowest BCUT2D eigenvalue weighted by Crippen LogP contribution is -2.47. The van der Waals surface area contributed by atoms with E-state index in [1.165, 1.54) is 5.56 Å². The quantitative estimate of drug-likeness (QED) is 0.728. The molecule has 0 aromatic heterocycles. The fourth-order valence-electron chi connectivity index (χ4n) is 8.17. The van der Waals surface area contributed by atoms with Crippen LogP contribution in [0.3, 0.4) is 0 Å². The summed E-state index contributed by atoms with van der Waals surface area (Å²) >= 11 is 0. The first-order valence-corrected chi connectivity index (χ1v) is 7.66. The molecule has 1 aromatic carbocycles. The van der Waals surface area contributed by atoms with E-state index in [-0.39, 0.29) is 5.60 Å². The Kier molecular flexibility index (Phi) is 0.975. The highest BCUT2D eigenvalue weighted by molar-refractivity contribution is 5.44. The Bertz CT molecular complexity index is 585. The minimum absolute atomic E-state index is 0.179. The Morgan fingerprint density at radius 2 is 1.78 bits per heavy atom. The van der Waals surface area contributed by atoms with Gasteiger partial charge in [-0.3, -0.25) is 0 Å². The van der Waals surface area contributed by atoms with E-state index < -0.39 is 0 Å². The summed E-state index contributed by atoms with van der Waals surface area (Å²) in [7, 11) is 0. The summed E-state index contributed by atoms with van der Waals surface area (Å²) in [6, 6.07) is 11.2. The second-order valence-corrected chi connectivity index (χ2v) is 7.67. The van der Waals surface area contributed by atoms with Gasteiger partial charge in [-0.15, -0.1) is 0 Å². The zero-order chi connectivity index (χ0) is 11.2. The second-order valence-electron chi connectivity index (χ2n) is 7.67. The summed E-state index contributed by atoms with van der Waals surface area (Å²) in [6.07, 6.45) is 2.23. The maximum atomic E-state index is 6.74. The minimum atomic E-state index is 0.179. The van der Waals surface area contributed by atoms with Crippen LogP contribution in [-0.2, 0) is 10.3 Å². The molecule has 10 atom stereocenters. The van der Waals surface area contributed by atoms with Crippen LogP contribution < -0.4 is 0 Å². The molecule has 2 saturated heterocycles. The fourth-order valence-corrected chi connectivity index (χ4v) is 8.17. The summed E-state index contributed by atoms with van der Waals surface area (Å²) in [6.45, 7) is 0. The van der Waals surface area contributed by atoms with Crippen LogP contribution in [0.5, 0.6) is 0 Å². The number of rotatable bonds is 1. The van der Waals surface area contributed by atoms with Gasteiger partial charge in [0.2, 0.25) is 0 Å². The molecule has 2 heterocycles. The third kappa shape index (κ3) is 0.499. The van der Waals surface area contributed by atoms with Gasteiger partial charge in [0.1, 0.15) is 5.60 Å². The molecule has 0 unspecified atom stereocenters. The fraction of sp³-hybridized carbons (Fsp3) is 0.647. The summed E-state index contributed by atoms with van der Waals surface area (Å²) in [5.41, 5.74) is 1.70. The highest BCUT2D eigenvalue weighted by atomic mass is 16.5. The van der Waals surface area contributed by atoms with Crippen molar-refractivity contribution in [3.05, 3.63) is 35.9 Å². The van der Waals surface area contributed by atoms with Crippen molar-refractivity contribution in [3.63, 3.8) is 0 Å². The topological polar surface area (TPSA) is 9.23 Å². The van der Waals surface area contributed by atoms with Crippen molar-refractivity contribution in [1.82, 2.24) is 0 Å². The molecule has 1 nitrogen and oxygen atoms in total. The molecule has 5 saturated carbocycles.